The summed E-state index contributed by atoms with van der Waals surface area (Å²) in [5.41, 5.74) is 1.20. The summed E-state index contributed by atoms with van der Waals surface area (Å²) in [6.45, 7) is 0. The Bertz CT molecular complexity index is 785. The standard InChI is InChI=1S/C19H16ClNO4/c1-25-19(24)17(14-5-3-2-4-6-14)18(23)21-16(22)12-9-13-7-10-15(20)11-8-13/h2-12,17H,1H3,(H,21,22,23). The van der Waals surface area contributed by atoms with E-state index in [0.29, 0.717) is 10.6 Å². The predicted octanol–water partition coefficient (Wildman–Crippen LogP) is 2.95. The van der Waals surface area contributed by atoms with E-state index >= 15 is 0 Å². The molecule has 6 heteroatoms. The van der Waals surface area contributed by atoms with Gasteiger partial charge in [-0.3, -0.25) is 19.7 Å². The first-order chi connectivity index (χ1) is 12.0. The maximum absolute atomic E-state index is 12.3. The number of ether oxygens (including phenoxy) is 1. The van der Waals surface area contributed by atoms with Crippen LogP contribution in [0.15, 0.2) is 60.7 Å². The summed E-state index contributed by atoms with van der Waals surface area (Å²) in [6, 6.07) is 15.2. The van der Waals surface area contributed by atoms with Crippen LogP contribution < -0.4 is 5.32 Å². The largest absolute Gasteiger partial charge is 0.468 e. The summed E-state index contributed by atoms with van der Waals surface area (Å²) < 4.78 is 4.67. The van der Waals surface area contributed by atoms with Gasteiger partial charge in [0.15, 0.2) is 5.92 Å². The lowest BCUT2D eigenvalue weighted by Crippen LogP contribution is -2.37. The van der Waals surface area contributed by atoms with E-state index in [2.05, 4.69) is 10.1 Å². The molecule has 2 aromatic carbocycles. The van der Waals surface area contributed by atoms with Gasteiger partial charge in [-0.1, -0.05) is 54.1 Å². The Morgan fingerprint density at radius 3 is 2.28 bits per heavy atom. The van der Waals surface area contributed by atoms with Gasteiger partial charge in [-0.15, -0.1) is 0 Å². The minimum Gasteiger partial charge on any atom is -0.468 e. The summed E-state index contributed by atoms with van der Waals surface area (Å²) >= 11 is 5.79. The molecule has 0 saturated heterocycles. The Labute approximate surface area is 150 Å². The van der Waals surface area contributed by atoms with Crippen LogP contribution in [0.3, 0.4) is 0 Å². The number of benzene rings is 2. The highest BCUT2D eigenvalue weighted by molar-refractivity contribution is 6.30. The molecule has 0 spiro atoms. The van der Waals surface area contributed by atoms with Crippen LogP contribution in [0.25, 0.3) is 6.08 Å². The van der Waals surface area contributed by atoms with Crippen LogP contribution in [0, 0.1) is 0 Å². The first-order valence-corrected chi connectivity index (χ1v) is 7.80. The van der Waals surface area contributed by atoms with Gasteiger partial charge in [0.25, 0.3) is 5.91 Å². The van der Waals surface area contributed by atoms with Crippen LogP contribution >= 0.6 is 11.6 Å². The van der Waals surface area contributed by atoms with E-state index in [0.717, 1.165) is 5.56 Å². The van der Waals surface area contributed by atoms with Crippen LogP contribution in [0.5, 0.6) is 0 Å². The van der Waals surface area contributed by atoms with Crippen LogP contribution in [-0.2, 0) is 19.1 Å². The number of hydrogen-bond donors (Lipinski definition) is 1. The molecule has 25 heavy (non-hydrogen) atoms. The zero-order valence-corrected chi connectivity index (χ0v) is 14.2. The van der Waals surface area contributed by atoms with Gasteiger partial charge in [0.2, 0.25) is 5.91 Å². The molecule has 0 radical (unpaired) electrons. The van der Waals surface area contributed by atoms with E-state index in [1.807, 2.05) is 0 Å². The first kappa shape index (κ1) is 18.4. The molecule has 0 aliphatic heterocycles. The van der Waals surface area contributed by atoms with Gasteiger partial charge in [0, 0.05) is 11.1 Å². The zero-order chi connectivity index (χ0) is 18.2. The third-order valence-electron chi connectivity index (χ3n) is 3.38. The van der Waals surface area contributed by atoms with E-state index in [9.17, 15) is 14.4 Å². The SMILES string of the molecule is COC(=O)C(C(=O)NC(=O)C=Cc1ccc(Cl)cc1)c1ccccc1. The Balaban J connectivity index is 2.08. The number of amides is 2. The van der Waals surface area contributed by atoms with Crippen LogP contribution in [0.4, 0.5) is 0 Å². The lowest BCUT2D eigenvalue weighted by Gasteiger charge is -2.13. The van der Waals surface area contributed by atoms with E-state index in [-0.39, 0.29) is 0 Å². The van der Waals surface area contributed by atoms with Gasteiger partial charge in [-0.25, -0.2) is 0 Å². The molecule has 0 saturated carbocycles. The van der Waals surface area contributed by atoms with Crippen molar-refractivity contribution in [3.63, 3.8) is 0 Å². The Hall–Kier alpha value is -2.92. The molecule has 0 aromatic heterocycles. The highest BCUT2D eigenvalue weighted by Crippen LogP contribution is 2.17. The smallest absolute Gasteiger partial charge is 0.322 e. The summed E-state index contributed by atoms with van der Waals surface area (Å²) in [7, 11) is 1.19. The van der Waals surface area contributed by atoms with Gasteiger partial charge >= 0.3 is 5.97 Å². The minimum atomic E-state index is -1.21. The van der Waals surface area contributed by atoms with E-state index in [4.69, 9.17) is 11.6 Å². The average molecular weight is 358 g/mol. The molecule has 1 atom stereocenters. The molecule has 5 nitrogen and oxygen atoms in total. The van der Waals surface area contributed by atoms with Crippen molar-refractivity contribution in [2.75, 3.05) is 7.11 Å². The van der Waals surface area contributed by atoms with E-state index in [1.165, 1.54) is 19.3 Å². The number of esters is 1. The van der Waals surface area contributed by atoms with Crippen molar-refractivity contribution < 1.29 is 19.1 Å². The van der Waals surface area contributed by atoms with E-state index in [1.54, 1.807) is 54.6 Å². The first-order valence-electron chi connectivity index (χ1n) is 7.42. The summed E-state index contributed by atoms with van der Waals surface area (Å²) in [6.07, 6.45) is 2.75. The molecule has 0 heterocycles. The molecule has 128 valence electrons. The maximum atomic E-state index is 12.3. The lowest BCUT2D eigenvalue weighted by atomic mass is 9.98. The number of halogens is 1. The van der Waals surface area contributed by atoms with Crippen LogP contribution in [0.2, 0.25) is 5.02 Å². The molecule has 0 aliphatic rings. The van der Waals surface area contributed by atoms with Gasteiger partial charge < -0.3 is 4.74 Å². The average Bonchev–Trinajstić information content (AvgIpc) is 2.62. The van der Waals surface area contributed by atoms with Crippen LogP contribution in [0.1, 0.15) is 17.0 Å². The van der Waals surface area contributed by atoms with Gasteiger partial charge in [-0.2, -0.15) is 0 Å². The Morgan fingerprint density at radius 1 is 1.04 bits per heavy atom. The number of rotatable bonds is 5. The minimum absolute atomic E-state index is 0.446. The fraction of sp³-hybridized carbons (Fsp3) is 0.105. The number of hydrogen-bond acceptors (Lipinski definition) is 4. The third-order valence-corrected chi connectivity index (χ3v) is 3.63. The van der Waals surface area contributed by atoms with Crippen molar-refractivity contribution >= 4 is 35.5 Å². The molecule has 0 aliphatic carbocycles. The predicted molar refractivity (Wildman–Crippen MR) is 94.8 cm³/mol. The van der Waals surface area contributed by atoms with Crippen molar-refractivity contribution in [3.8, 4) is 0 Å². The highest BCUT2D eigenvalue weighted by atomic mass is 35.5. The fourth-order valence-corrected chi connectivity index (χ4v) is 2.26. The molecule has 0 fully saturated rings. The van der Waals surface area contributed by atoms with Crippen molar-refractivity contribution in [3.05, 3.63) is 76.8 Å². The van der Waals surface area contributed by atoms with Crippen molar-refractivity contribution in [1.82, 2.24) is 5.32 Å². The summed E-state index contributed by atoms with van der Waals surface area (Å²) in [5, 5.41) is 2.77. The second kappa shape index (κ2) is 8.80. The second-order valence-electron chi connectivity index (χ2n) is 5.11. The lowest BCUT2D eigenvalue weighted by molar-refractivity contribution is -0.146. The number of nitrogens with one attached hydrogen (secondary N) is 1. The van der Waals surface area contributed by atoms with Crippen molar-refractivity contribution in [2.45, 2.75) is 5.92 Å². The molecule has 1 unspecified atom stereocenters. The van der Waals surface area contributed by atoms with Crippen molar-refractivity contribution in [2.24, 2.45) is 0 Å². The molecular weight excluding hydrogens is 342 g/mol. The second-order valence-corrected chi connectivity index (χ2v) is 5.54. The summed E-state index contributed by atoms with van der Waals surface area (Å²) in [4.78, 5) is 36.2. The van der Waals surface area contributed by atoms with E-state index < -0.39 is 23.7 Å². The number of imide groups is 1. The molecule has 0 bridgehead atoms. The third kappa shape index (κ3) is 5.29. The number of carbonyl (C=O) groups is 3. The quantitative estimate of drug-likeness (QED) is 0.507. The number of carbonyl (C=O) groups excluding carboxylic acids is 3. The zero-order valence-electron chi connectivity index (χ0n) is 13.4. The van der Waals surface area contributed by atoms with Gasteiger partial charge in [0.1, 0.15) is 0 Å². The van der Waals surface area contributed by atoms with Crippen LogP contribution in [-0.4, -0.2) is 24.9 Å². The maximum Gasteiger partial charge on any atom is 0.322 e. The molecule has 2 amide bonds. The Kier molecular flexibility index (Phi) is 6.48. The normalized spacial score (nSPS) is 11.8. The van der Waals surface area contributed by atoms with Crippen molar-refractivity contribution in [1.29, 1.82) is 0 Å². The molecule has 2 rings (SSSR count). The molecular formula is C19H16ClNO4. The fourth-order valence-electron chi connectivity index (χ4n) is 2.14. The van der Waals surface area contributed by atoms with Gasteiger partial charge in [0.05, 0.1) is 7.11 Å². The Morgan fingerprint density at radius 2 is 1.68 bits per heavy atom. The monoisotopic (exact) mass is 357 g/mol. The van der Waals surface area contributed by atoms with Gasteiger partial charge in [-0.05, 0) is 29.3 Å². The summed E-state index contributed by atoms with van der Waals surface area (Å²) in [5.74, 6) is -3.33. The number of methoxy groups -OCH3 is 1. The molecule has 1 N–H and O–H groups in total. The topological polar surface area (TPSA) is 72.5 Å². The molecule has 2 aromatic rings. The highest BCUT2D eigenvalue weighted by Gasteiger charge is 2.30.